The van der Waals surface area contributed by atoms with Crippen molar-refractivity contribution >= 4 is 5.69 Å². The quantitative estimate of drug-likeness (QED) is 0.563. The Bertz CT molecular complexity index is 735. The van der Waals surface area contributed by atoms with Crippen molar-refractivity contribution < 1.29 is 4.74 Å². The average Bonchev–Trinajstić information content (AvgIpc) is 2.74. The summed E-state index contributed by atoms with van der Waals surface area (Å²) >= 11 is 0. The van der Waals surface area contributed by atoms with Crippen molar-refractivity contribution in [2.45, 2.75) is 46.0 Å². The normalized spacial score (nSPS) is 15.0. The van der Waals surface area contributed by atoms with Gasteiger partial charge in [0, 0.05) is 44.5 Å². The zero-order chi connectivity index (χ0) is 19.8. The Balaban J connectivity index is 1.48. The van der Waals surface area contributed by atoms with E-state index in [0.717, 1.165) is 44.9 Å². The average molecular weight is 381 g/mol. The first kappa shape index (κ1) is 20.7. The van der Waals surface area contributed by atoms with Crippen LogP contribution in [0.5, 0.6) is 5.75 Å². The highest BCUT2D eigenvalue weighted by Crippen LogP contribution is 2.22. The Kier molecular flexibility index (Phi) is 7.79. The lowest BCUT2D eigenvalue weighted by molar-refractivity contribution is 0.261. The molecule has 1 aliphatic rings. The summed E-state index contributed by atoms with van der Waals surface area (Å²) in [6, 6.07) is 15.5. The summed E-state index contributed by atoms with van der Waals surface area (Å²) in [4.78, 5) is 5.07. The molecular formula is C25H36N2O. The third-order valence-corrected chi connectivity index (χ3v) is 5.97. The molecule has 1 fully saturated rings. The summed E-state index contributed by atoms with van der Waals surface area (Å²) in [6.45, 7) is 10.1. The second kappa shape index (κ2) is 10.5. The lowest BCUT2D eigenvalue weighted by Crippen LogP contribution is -2.47. The molecule has 0 N–H and O–H groups in total. The number of ether oxygens (including phenoxy) is 1. The minimum atomic E-state index is 0.939. The van der Waals surface area contributed by atoms with Crippen molar-refractivity contribution in [2.75, 3.05) is 44.7 Å². The Morgan fingerprint density at radius 2 is 1.75 bits per heavy atom. The number of anilines is 1. The van der Waals surface area contributed by atoms with Crippen molar-refractivity contribution in [3.8, 4) is 5.75 Å². The summed E-state index contributed by atoms with van der Waals surface area (Å²) in [5.41, 5.74) is 5.77. The van der Waals surface area contributed by atoms with E-state index in [1.807, 2.05) is 6.07 Å². The minimum Gasteiger partial charge on any atom is -0.497 e. The lowest BCUT2D eigenvalue weighted by Gasteiger charge is -2.36. The smallest absolute Gasteiger partial charge is 0.120 e. The van der Waals surface area contributed by atoms with E-state index in [9.17, 15) is 0 Å². The molecule has 28 heavy (non-hydrogen) atoms. The van der Waals surface area contributed by atoms with Gasteiger partial charge in [-0.25, -0.2) is 0 Å². The molecule has 0 unspecified atom stereocenters. The number of unbranched alkanes of at least 4 members (excludes halogenated alkanes) is 2. The van der Waals surface area contributed by atoms with Crippen molar-refractivity contribution in [3.63, 3.8) is 0 Å². The van der Waals surface area contributed by atoms with Crippen LogP contribution in [0.1, 0.15) is 42.9 Å². The van der Waals surface area contributed by atoms with Gasteiger partial charge in [-0.2, -0.15) is 0 Å². The Labute approximate surface area is 171 Å². The summed E-state index contributed by atoms with van der Waals surface area (Å²) < 4.78 is 5.37. The molecule has 0 aliphatic carbocycles. The summed E-state index contributed by atoms with van der Waals surface area (Å²) in [5, 5.41) is 0. The minimum absolute atomic E-state index is 0.939. The molecule has 0 atom stereocenters. The molecule has 3 nitrogen and oxygen atoms in total. The molecule has 1 aliphatic heterocycles. The van der Waals surface area contributed by atoms with Gasteiger partial charge < -0.3 is 9.64 Å². The molecule has 0 aromatic heterocycles. The van der Waals surface area contributed by atoms with Crippen LogP contribution < -0.4 is 9.64 Å². The van der Waals surface area contributed by atoms with Gasteiger partial charge in [0.1, 0.15) is 5.75 Å². The van der Waals surface area contributed by atoms with Gasteiger partial charge in [0.05, 0.1) is 7.11 Å². The molecule has 0 bridgehead atoms. The molecule has 0 amide bonds. The number of hydrogen-bond donors (Lipinski definition) is 0. The lowest BCUT2D eigenvalue weighted by atomic mass is 9.98. The topological polar surface area (TPSA) is 15.7 Å². The van der Waals surface area contributed by atoms with Crippen LogP contribution in [0.3, 0.4) is 0 Å². The van der Waals surface area contributed by atoms with E-state index in [4.69, 9.17) is 4.74 Å². The van der Waals surface area contributed by atoms with E-state index in [1.165, 1.54) is 42.5 Å². The van der Waals surface area contributed by atoms with Gasteiger partial charge in [-0.05, 0) is 55.0 Å². The van der Waals surface area contributed by atoms with Gasteiger partial charge in [-0.1, -0.05) is 44.0 Å². The number of hydrogen-bond acceptors (Lipinski definition) is 3. The van der Waals surface area contributed by atoms with Crippen molar-refractivity contribution in [1.82, 2.24) is 4.90 Å². The zero-order valence-electron chi connectivity index (χ0n) is 17.9. The van der Waals surface area contributed by atoms with Crippen LogP contribution in [0, 0.1) is 6.92 Å². The maximum atomic E-state index is 5.37. The fraction of sp³-hybridized carbons (Fsp3) is 0.520. The highest BCUT2D eigenvalue weighted by atomic mass is 16.5. The van der Waals surface area contributed by atoms with E-state index < -0.39 is 0 Å². The molecule has 0 spiro atoms. The van der Waals surface area contributed by atoms with Gasteiger partial charge >= 0.3 is 0 Å². The molecule has 152 valence electrons. The van der Waals surface area contributed by atoms with Gasteiger partial charge in [-0.15, -0.1) is 0 Å². The third kappa shape index (κ3) is 5.75. The maximum absolute atomic E-state index is 5.37. The zero-order valence-corrected chi connectivity index (χ0v) is 17.9. The number of methoxy groups -OCH3 is 1. The van der Waals surface area contributed by atoms with E-state index in [1.54, 1.807) is 12.7 Å². The first-order chi connectivity index (χ1) is 13.7. The molecular weight excluding hydrogens is 344 g/mol. The second-order valence-corrected chi connectivity index (χ2v) is 8.00. The predicted octanol–water partition coefficient (Wildman–Crippen LogP) is 5.10. The largest absolute Gasteiger partial charge is 0.497 e. The Morgan fingerprint density at radius 1 is 0.929 bits per heavy atom. The van der Waals surface area contributed by atoms with Crippen LogP contribution in [0.15, 0.2) is 42.5 Å². The fourth-order valence-corrected chi connectivity index (χ4v) is 4.04. The first-order valence-corrected chi connectivity index (χ1v) is 10.9. The number of piperazine rings is 1. The molecule has 0 saturated carbocycles. The van der Waals surface area contributed by atoms with E-state index in [-0.39, 0.29) is 0 Å². The van der Waals surface area contributed by atoms with Crippen LogP contribution >= 0.6 is 0 Å². The van der Waals surface area contributed by atoms with Crippen molar-refractivity contribution in [3.05, 3.63) is 59.2 Å². The highest BCUT2D eigenvalue weighted by Gasteiger charge is 2.17. The summed E-state index contributed by atoms with van der Waals surface area (Å²) in [7, 11) is 1.73. The fourth-order valence-electron chi connectivity index (χ4n) is 4.04. The van der Waals surface area contributed by atoms with Gasteiger partial charge in [0.2, 0.25) is 0 Å². The van der Waals surface area contributed by atoms with Crippen LogP contribution in [0.2, 0.25) is 0 Å². The molecule has 2 aromatic carbocycles. The number of rotatable bonds is 9. The van der Waals surface area contributed by atoms with E-state index in [0.29, 0.717) is 0 Å². The van der Waals surface area contributed by atoms with E-state index >= 15 is 0 Å². The van der Waals surface area contributed by atoms with Gasteiger partial charge in [-0.3, -0.25) is 4.90 Å². The van der Waals surface area contributed by atoms with Gasteiger partial charge in [0.25, 0.3) is 0 Å². The molecule has 1 heterocycles. The monoisotopic (exact) mass is 380 g/mol. The standard InChI is InChI=1S/C25H36N2O/c1-4-5-6-8-23-19-22(12-11-21(23)2)13-14-26-15-17-27(18-16-26)24-9-7-10-25(20-24)28-3/h7,9-12,19-20H,4-6,8,13-18H2,1-3H3. The SMILES string of the molecule is CCCCCc1cc(CCN2CCN(c3cccc(OC)c3)CC2)ccc1C. The Hall–Kier alpha value is -2.00. The summed E-state index contributed by atoms with van der Waals surface area (Å²) in [6.07, 6.45) is 6.32. The number of benzene rings is 2. The van der Waals surface area contributed by atoms with Crippen molar-refractivity contribution in [1.29, 1.82) is 0 Å². The van der Waals surface area contributed by atoms with E-state index in [2.05, 4.69) is 60.0 Å². The first-order valence-electron chi connectivity index (χ1n) is 10.9. The molecule has 1 saturated heterocycles. The Morgan fingerprint density at radius 3 is 2.50 bits per heavy atom. The molecule has 2 aromatic rings. The summed E-state index contributed by atoms with van der Waals surface area (Å²) in [5.74, 6) is 0.939. The van der Waals surface area contributed by atoms with Gasteiger partial charge in [0.15, 0.2) is 0 Å². The molecule has 3 rings (SSSR count). The number of nitrogens with zero attached hydrogens (tertiary/aromatic N) is 2. The second-order valence-electron chi connectivity index (χ2n) is 8.00. The highest BCUT2D eigenvalue weighted by molar-refractivity contribution is 5.51. The maximum Gasteiger partial charge on any atom is 0.120 e. The molecule has 0 radical (unpaired) electrons. The molecule has 3 heteroatoms. The van der Waals surface area contributed by atoms with Crippen LogP contribution in [-0.4, -0.2) is 44.7 Å². The van der Waals surface area contributed by atoms with Crippen molar-refractivity contribution in [2.24, 2.45) is 0 Å². The predicted molar refractivity (Wildman–Crippen MR) is 120 cm³/mol. The van der Waals surface area contributed by atoms with Crippen LogP contribution in [0.4, 0.5) is 5.69 Å². The van der Waals surface area contributed by atoms with Crippen LogP contribution in [0.25, 0.3) is 0 Å². The van der Waals surface area contributed by atoms with Crippen LogP contribution in [-0.2, 0) is 12.8 Å². The number of aryl methyl sites for hydroxylation is 2. The third-order valence-electron chi connectivity index (χ3n) is 5.97.